The lowest BCUT2D eigenvalue weighted by molar-refractivity contribution is -0.121. The maximum atomic E-state index is 13.7. The van der Waals surface area contributed by atoms with E-state index in [2.05, 4.69) is 15.4 Å². The van der Waals surface area contributed by atoms with E-state index < -0.39 is 11.6 Å². The summed E-state index contributed by atoms with van der Waals surface area (Å²) in [7, 11) is 1.25. The molecule has 0 bridgehead atoms. The van der Waals surface area contributed by atoms with E-state index in [1.807, 2.05) is 0 Å². The monoisotopic (exact) mass is 306 g/mol. The van der Waals surface area contributed by atoms with E-state index in [-0.39, 0.29) is 41.6 Å². The number of nitrogens with one attached hydrogen (secondary N) is 2. The molecule has 4 nitrogen and oxygen atoms in total. The molecule has 7 heteroatoms. The number of halogens is 3. The average Bonchev–Trinajstić information content (AvgIpc) is 2.31. The first-order valence-electron chi connectivity index (χ1n) is 6.07. The van der Waals surface area contributed by atoms with Gasteiger partial charge in [-0.1, -0.05) is 6.92 Å². The molecule has 1 aliphatic heterocycles. The highest BCUT2D eigenvalue weighted by Gasteiger charge is 2.29. The fourth-order valence-corrected chi connectivity index (χ4v) is 1.91. The summed E-state index contributed by atoms with van der Waals surface area (Å²) < 4.78 is 31.8. The van der Waals surface area contributed by atoms with Gasteiger partial charge in [0.2, 0.25) is 5.91 Å². The Labute approximate surface area is 122 Å². The first-order valence-corrected chi connectivity index (χ1v) is 6.07. The molecule has 2 rings (SSSR count). The van der Waals surface area contributed by atoms with Crippen molar-refractivity contribution >= 4 is 24.0 Å². The Morgan fingerprint density at radius 1 is 1.40 bits per heavy atom. The van der Waals surface area contributed by atoms with Crippen molar-refractivity contribution in [1.29, 1.82) is 0 Å². The number of carbonyl (C=O) groups is 1. The van der Waals surface area contributed by atoms with Crippen LogP contribution in [-0.2, 0) is 4.79 Å². The third-order valence-corrected chi connectivity index (χ3v) is 3.43. The number of hydrogen-bond donors (Lipinski definition) is 2. The molecule has 1 unspecified atom stereocenters. The second-order valence-corrected chi connectivity index (χ2v) is 4.66. The van der Waals surface area contributed by atoms with Crippen LogP contribution in [0, 0.1) is 23.5 Å². The van der Waals surface area contributed by atoms with Gasteiger partial charge in [0.05, 0.1) is 12.8 Å². The van der Waals surface area contributed by atoms with Crippen molar-refractivity contribution in [2.24, 2.45) is 11.8 Å². The van der Waals surface area contributed by atoms with Crippen LogP contribution in [0.15, 0.2) is 12.1 Å². The van der Waals surface area contributed by atoms with E-state index in [0.717, 1.165) is 25.2 Å². The summed E-state index contributed by atoms with van der Waals surface area (Å²) in [4.78, 5) is 11.9. The number of ether oxygens (including phenoxy) is 1. The molecule has 1 saturated heterocycles. The first kappa shape index (κ1) is 16.7. The van der Waals surface area contributed by atoms with Crippen LogP contribution in [-0.4, -0.2) is 26.1 Å². The Morgan fingerprint density at radius 3 is 2.55 bits per heavy atom. The Balaban J connectivity index is 0.00000200. The minimum atomic E-state index is -0.717. The molecular weight excluding hydrogens is 290 g/mol. The van der Waals surface area contributed by atoms with Gasteiger partial charge in [-0.2, -0.15) is 0 Å². The Bertz CT molecular complexity index is 496. The maximum Gasteiger partial charge on any atom is 0.227 e. The van der Waals surface area contributed by atoms with Crippen molar-refractivity contribution in [2.45, 2.75) is 6.92 Å². The third kappa shape index (κ3) is 3.37. The number of methoxy groups -OCH3 is 1. The van der Waals surface area contributed by atoms with Crippen molar-refractivity contribution in [3.63, 3.8) is 0 Å². The van der Waals surface area contributed by atoms with Crippen LogP contribution in [0.2, 0.25) is 0 Å². The van der Waals surface area contributed by atoms with Crippen LogP contribution < -0.4 is 15.4 Å². The minimum absolute atomic E-state index is 0. The summed E-state index contributed by atoms with van der Waals surface area (Å²) in [6, 6.07) is 1.85. The van der Waals surface area contributed by atoms with Crippen LogP contribution in [0.5, 0.6) is 5.75 Å². The van der Waals surface area contributed by atoms with Crippen molar-refractivity contribution in [3.05, 3.63) is 23.8 Å². The molecule has 1 atom stereocenters. The van der Waals surface area contributed by atoms with Gasteiger partial charge in [-0.05, 0) is 19.0 Å². The normalized spacial score (nSPS) is 15.8. The zero-order chi connectivity index (χ0) is 14.0. The van der Waals surface area contributed by atoms with Gasteiger partial charge in [-0.3, -0.25) is 4.79 Å². The number of benzene rings is 1. The molecule has 1 aliphatic rings. The third-order valence-electron chi connectivity index (χ3n) is 3.43. The van der Waals surface area contributed by atoms with Gasteiger partial charge in [0.1, 0.15) is 0 Å². The molecule has 0 aliphatic carbocycles. The van der Waals surface area contributed by atoms with Gasteiger partial charge in [-0.15, -0.1) is 12.4 Å². The predicted octanol–water partition coefficient (Wildman–Crippen LogP) is 2.19. The van der Waals surface area contributed by atoms with E-state index >= 15 is 0 Å². The molecule has 0 saturated carbocycles. The standard InChI is InChI=1S/C13H16F2N2O2.ClH/c1-7(8-5-16-6-8)13(18)17-11-3-10(15)12(19-2)4-9(11)14;/h3-4,7-8,16H,5-6H2,1-2H3,(H,17,18);1H. The lowest BCUT2D eigenvalue weighted by Gasteiger charge is -2.31. The van der Waals surface area contributed by atoms with E-state index in [1.54, 1.807) is 6.92 Å². The van der Waals surface area contributed by atoms with Crippen LogP contribution in [0.4, 0.5) is 14.5 Å². The van der Waals surface area contributed by atoms with Crippen molar-refractivity contribution < 1.29 is 18.3 Å². The molecule has 2 N–H and O–H groups in total. The smallest absolute Gasteiger partial charge is 0.227 e. The van der Waals surface area contributed by atoms with Gasteiger partial charge in [-0.25, -0.2) is 8.78 Å². The molecule has 1 fully saturated rings. The quantitative estimate of drug-likeness (QED) is 0.896. The van der Waals surface area contributed by atoms with Gasteiger partial charge < -0.3 is 15.4 Å². The molecule has 112 valence electrons. The number of rotatable bonds is 4. The summed E-state index contributed by atoms with van der Waals surface area (Å²) in [6.07, 6.45) is 0. The molecule has 0 radical (unpaired) electrons. The zero-order valence-electron chi connectivity index (χ0n) is 11.2. The van der Waals surface area contributed by atoms with Gasteiger partial charge in [0, 0.05) is 18.1 Å². The van der Waals surface area contributed by atoms with Gasteiger partial charge in [0.25, 0.3) is 0 Å². The molecule has 1 heterocycles. The summed E-state index contributed by atoms with van der Waals surface area (Å²) >= 11 is 0. The molecule has 0 aromatic heterocycles. The number of anilines is 1. The van der Waals surface area contributed by atoms with E-state index in [4.69, 9.17) is 0 Å². The van der Waals surface area contributed by atoms with E-state index in [1.165, 1.54) is 7.11 Å². The number of carbonyl (C=O) groups excluding carboxylic acids is 1. The second-order valence-electron chi connectivity index (χ2n) is 4.66. The topological polar surface area (TPSA) is 50.4 Å². The molecular formula is C13H17ClF2N2O2. The van der Waals surface area contributed by atoms with E-state index in [0.29, 0.717) is 0 Å². The highest BCUT2D eigenvalue weighted by molar-refractivity contribution is 5.92. The van der Waals surface area contributed by atoms with Gasteiger partial charge in [0.15, 0.2) is 17.4 Å². The highest BCUT2D eigenvalue weighted by atomic mass is 35.5. The van der Waals surface area contributed by atoms with Crippen LogP contribution in [0.3, 0.4) is 0 Å². The number of amides is 1. The van der Waals surface area contributed by atoms with Crippen molar-refractivity contribution in [3.8, 4) is 5.75 Å². The fraction of sp³-hybridized carbons (Fsp3) is 0.462. The predicted molar refractivity (Wildman–Crippen MR) is 74.3 cm³/mol. The fourth-order valence-electron chi connectivity index (χ4n) is 1.91. The van der Waals surface area contributed by atoms with Crippen molar-refractivity contribution in [1.82, 2.24) is 5.32 Å². The van der Waals surface area contributed by atoms with Crippen LogP contribution in [0.25, 0.3) is 0 Å². The molecule has 20 heavy (non-hydrogen) atoms. The maximum absolute atomic E-state index is 13.7. The second kappa shape index (κ2) is 6.85. The molecule has 0 spiro atoms. The Morgan fingerprint density at radius 2 is 2.05 bits per heavy atom. The summed E-state index contributed by atoms with van der Waals surface area (Å²) in [5, 5.41) is 5.48. The molecule has 1 aromatic rings. The molecule has 1 aromatic carbocycles. The lowest BCUT2D eigenvalue weighted by Crippen LogP contribution is -2.48. The number of hydrogen-bond acceptors (Lipinski definition) is 3. The Hall–Kier alpha value is -1.40. The minimum Gasteiger partial charge on any atom is -0.494 e. The van der Waals surface area contributed by atoms with Crippen molar-refractivity contribution in [2.75, 3.05) is 25.5 Å². The summed E-state index contributed by atoms with van der Waals surface area (Å²) in [5.74, 6) is -1.93. The highest BCUT2D eigenvalue weighted by Crippen LogP contribution is 2.26. The first-order chi connectivity index (χ1) is 9.02. The SMILES string of the molecule is COc1cc(F)c(NC(=O)C(C)C2CNC2)cc1F.Cl. The van der Waals surface area contributed by atoms with Crippen LogP contribution >= 0.6 is 12.4 Å². The summed E-state index contributed by atoms with van der Waals surface area (Å²) in [5.41, 5.74) is -0.164. The zero-order valence-corrected chi connectivity index (χ0v) is 12.0. The molecule has 1 amide bonds. The van der Waals surface area contributed by atoms with Gasteiger partial charge >= 0.3 is 0 Å². The van der Waals surface area contributed by atoms with E-state index in [9.17, 15) is 13.6 Å². The van der Waals surface area contributed by atoms with Crippen LogP contribution in [0.1, 0.15) is 6.92 Å². The lowest BCUT2D eigenvalue weighted by atomic mass is 9.88. The Kier molecular flexibility index (Phi) is 5.71. The summed E-state index contributed by atoms with van der Waals surface area (Å²) in [6.45, 7) is 3.32. The average molecular weight is 307 g/mol. The largest absolute Gasteiger partial charge is 0.494 e.